The Morgan fingerprint density at radius 3 is 2.56 bits per heavy atom. The lowest BCUT2D eigenvalue weighted by atomic mass is 10.2. The summed E-state index contributed by atoms with van der Waals surface area (Å²) < 4.78 is 1.78. The molecule has 0 aliphatic carbocycles. The van der Waals surface area contributed by atoms with Gasteiger partial charge in [0.15, 0.2) is 0 Å². The van der Waals surface area contributed by atoms with Crippen LogP contribution in [0.1, 0.15) is 28.8 Å². The first-order chi connectivity index (χ1) is 13.2. The maximum absolute atomic E-state index is 12.4. The van der Waals surface area contributed by atoms with E-state index in [0.717, 1.165) is 24.2 Å². The Balaban J connectivity index is 1.40. The monoisotopic (exact) mass is 360 g/mol. The maximum atomic E-state index is 12.4. The van der Waals surface area contributed by atoms with E-state index in [1.807, 2.05) is 48.7 Å². The number of aromatic nitrogens is 2. The summed E-state index contributed by atoms with van der Waals surface area (Å²) in [5.74, 6) is -0.0633. The van der Waals surface area contributed by atoms with Crippen LogP contribution in [0.5, 0.6) is 0 Å². The molecule has 6 heteroatoms. The van der Waals surface area contributed by atoms with Crippen molar-refractivity contribution in [3.63, 3.8) is 0 Å². The van der Waals surface area contributed by atoms with Gasteiger partial charge in [0.1, 0.15) is 0 Å². The van der Waals surface area contributed by atoms with Crippen LogP contribution in [0.2, 0.25) is 0 Å². The van der Waals surface area contributed by atoms with Crippen LogP contribution in [-0.4, -0.2) is 28.1 Å². The molecule has 1 saturated heterocycles. The molecule has 2 aromatic carbocycles. The molecule has 4 rings (SSSR count). The number of nitrogens with one attached hydrogen (secondary N) is 1. The topological polar surface area (TPSA) is 67.2 Å². The zero-order chi connectivity index (χ0) is 18.6. The number of carbonyl (C=O) groups is 2. The molecule has 1 fully saturated rings. The molecule has 27 heavy (non-hydrogen) atoms. The third-order valence-electron chi connectivity index (χ3n) is 4.59. The van der Waals surface area contributed by atoms with Gasteiger partial charge >= 0.3 is 0 Å². The molecule has 136 valence electrons. The minimum absolute atomic E-state index is 0.137. The first-order valence-electron chi connectivity index (χ1n) is 8.97. The number of carbonyl (C=O) groups excluding carboxylic acids is 2. The Kier molecular flexibility index (Phi) is 4.70. The van der Waals surface area contributed by atoms with Crippen LogP contribution in [0.15, 0.2) is 67.0 Å². The van der Waals surface area contributed by atoms with E-state index in [1.165, 1.54) is 0 Å². The Labute approximate surface area is 157 Å². The van der Waals surface area contributed by atoms with Gasteiger partial charge in [0.2, 0.25) is 5.91 Å². The van der Waals surface area contributed by atoms with Crippen molar-refractivity contribution < 1.29 is 9.59 Å². The molecule has 0 saturated carbocycles. The van der Waals surface area contributed by atoms with E-state index < -0.39 is 0 Å². The zero-order valence-corrected chi connectivity index (χ0v) is 14.8. The third-order valence-corrected chi connectivity index (χ3v) is 4.59. The fourth-order valence-electron chi connectivity index (χ4n) is 3.20. The molecule has 3 aromatic rings. The summed E-state index contributed by atoms with van der Waals surface area (Å²) >= 11 is 0. The second kappa shape index (κ2) is 7.45. The average Bonchev–Trinajstić information content (AvgIpc) is 3.31. The number of anilines is 2. The van der Waals surface area contributed by atoms with Crippen LogP contribution in [-0.2, 0) is 11.3 Å². The van der Waals surface area contributed by atoms with Gasteiger partial charge in [-0.05, 0) is 36.2 Å². The maximum Gasteiger partial charge on any atom is 0.255 e. The van der Waals surface area contributed by atoms with Crippen molar-refractivity contribution >= 4 is 23.2 Å². The van der Waals surface area contributed by atoms with Gasteiger partial charge in [0.05, 0.1) is 18.4 Å². The quantitative estimate of drug-likeness (QED) is 0.759. The summed E-state index contributed by atoms with van der Waals surface area (Å²) in [5.41, 5.74) is 3.17. The molecular weight excluding hydrogens is 340 g/mol. The van der Waals surface area contributed by atoms with Crippen LogP contribution in [0.3, 0.4) is 0 Å². The number of benzene rings is 2. The van der Waals surface area contributed by atoms with Crippen molar-refractivity contribution in [3.05, 3.63) is 78.1 Å². The van der Waals surface area contributed by atoms with Crippen molar-refractivity contribution in [2.75, 3.05) is 16.8 Å². The van der Waals surface area contributed by atoms with E-state index in [-0.39, 0.29) is 11.8 Å². The van der Waals surface area contributed by atoms with Gasteiger partial charge in [-0.25, -0.2) is 0 Å². The molecule has 0 atom stereocenters. The van der Waals surface area contributed by atoms with E-state index >= 15 is 0 Å². The Bertz CT molecular complexity index is 948. The van der Waals surface area contributed by atoms with E-state index in [4.69, 9.17) is 0 Å². The SMILES string of the molecule is O=C(Nc1cnn(Cc2ccccc2)c1)c1ccc(N2CCCC2=O)cc1. The van der Waals surface area contributed by atoms with Crippen molar-refractivity contribution in [1.29, 1.82) is 0 Å². The summed E-state index contributed by atoms with van der Waals surface area (Å²) in [4.78, 5) is 26.0. The first kappa shape index (κ1) is 17.0. The van der Waals surface area contributed by atoms with E-state index in [9.17, 15) is 9.59 Å². The number of amides is 2. The molecule has 1 aromatic heterocycles. The second-order valence-corrected chi connectivity index (χ2v) is 6.56. The van der Waals surface area contributed by atoms with Crippen LogP contribution < -0.4 is 10.2 Å². The van der Waals surface area contributed by atoms with Crippen molar-refractivity contribution in [2.45, 2.75) is 19.4 Å². The molecule has 6 nitrogen and oxygen atoms in total. The van der Waals surface area contributed by atoms with Crippen LogP contribution >= 0.6 is 0 Å². The van der Waals surface area contributed by atoms with E-state index in [0.29, 0.717) is 24.2 Å². The molecule has 0 unspecified atom stereocenters. The third kappa shape index (κ3) is 3.89. The van der Waals surface area contributed by atoms with Gasteiger partial charge in [0, 0.05) is 30.4 Å². The van der Waals surface area contributed by atoms with Gasteiger partial charge in [-0.1, -0.05) is 30.3 Å². The molecule has 1 aliphatic heterocycles. The molecule has 2 amide bonds. The largest absolute Gasteiger partial charge is 0.319 e. The number of nitrogens with zero attached hydrogens (tertiary/aromatic N) is 3. The number of rotatable bonds is 5. The summed E-state index contributed by atoms with van der Waals surface area (Å²) in [6.45, 7) is 1.39. The minimum atomic E-state index is -0.200. The molecular formula is C21H20N4O2. The summed E-state index contributed by atoms with van der Waals surface area (Å²) in [6.07, 6.45) is 4.92. The summed E-state index contributed by atoms with van der Waals surface area (Å²) in [5, 5.41) is 7.15. The van der Waals surface area contributed by atoms with Crippen molar-refractivity contribution in [3.8, 4) is 0 Å². The molecule has 1 N–H and O–H groups in total. The molecule has 2 heterocycles. The van der Waals surface area contributed by atoms with Crippen LogP contribution in [0.25, 0.3) is 0 Å². The van der Waals surface area contributed by atoms with E-state index in [1.54, 1.807) is 27.9 Å². The second-order valence-electron chi connectivity index (χ2n) is 6.56. The predicted molar refractivity (Wildman–Crippen MR) is 104 cm³/mol. The van der Waals surface area contributed by atoms with Crippen molar-refractivity contribution in [2.24, 2.45) is 0 Å². The molecule has 1 aliphatic rings. The normalized spacial score (nSPS) is 13.8. The summed E-state index contributed by atoms with van der Waals surface area (Å²) in [7, 11) is 0. The molecule has 0 radical (unpaired) electrons. The van der Waals surface area contributed by atoms with Crippen LogP contribution in [0, 0.1) is 0 Å². The fourth-order valence-corrected chi connectivity index (χ4v) is 3.20. The minimum Gasteiger partial charge on any atom is -0.319 e. The lowest BCUT2D eigenvalue weighted by molar-refractivity contribution is -0.117. The Morgan fingerprint density at radius 1 is 1.07 bits per heavy atom. The fraction of sp³-hybridized carbons (Fsp3) is 0.190. The van der Waals surface area contributed by atoms with Gasteiger partial charge in [-0.3, -0.25) is 14.3 Å². The van der Waals surface area contributed by atoms with Gasteiger partial charge in [-0.15, -0.1) is 0 Å². The lowest BCUT2D eigenvalue weighted by Crippen LogP contribution is -2.23. The molecule has 0 bridgehead atoms. The number of hydrogen-bond acceptors (Lipinski definition) is 3. The Morgan fingerprint density at radius 2 is 1.85 bits per heavy atom. The predicted octanol–water partition coefficient (Wildman–Crippen LogP) is 3.31. The van der Waals surface area contributed by atoms with E-state index in [2.05, 4.69) is 10.4 Å². The zero-order valence-electron chi connectivity index (χ0n) is 14.8. The number of hydrogen-bond donors (Lipinski definition) is 1. The smallest absolute Gasteiger partial charge is 0.255 e. The van der Waals surface area contributed by atoms with Crippen LogP contribution in [0.4, 0.5) is 11.4 Å². The first-order valence-corrected chi connectivity index (χ1v) is 8.97. The highest BCUT2D eigenvalue weighted by molar-refractivity contribution is 6.04. The summed E-state index contributed by atoms with van der Waals surface area (Å²) in [6, 6.07) is 17.1. The lowest BCUT2D eigenvalue weighted by Gasteiger charge is -2.15. The highest BCUT2D eigenvalue weighted by Gasteiger charge is 2.21. The Hall–Kier alpha value is -3.41. The van der Waals surface area contributed by atoms with Gasteiger partial charge in [-0.2, -0.15) is 5.10 Å². The standard InChI is InChI=1S/C21H20N4O2/c26-20-7-4-12-25(20)19-10-8-17(9-11-19)21(27)23-18-13-22-24(15-18)14-16-5-2-1-3-6-16/h1-3,5-6,8-11,13,15H,4,7,12,14H2,(H,23,27). The molecule has 0 spiro atoms. The highest BCUT2D eigenvalue weighted by atomic mass is 16.2. The van der Waals surface area contributed by atoms with Gasteiger partial charge < -0.3 is 10.2 Å². The van der Waals surface area contributed by atoms with Gasteiger partial charge in [0.25, 0.3) is 5.91 Å². The average molecular weight is 360 g/mol. The highest BCUT2D eigenvalue weighted by Crippen LogP contribution is 2.22. The van der Waals surface area contributed by atoms with Crippen molar-refractivity contribution in [1.82, 2.24) is 9.78 Å².